The molecular formula is C26H29F3N4O2. The van der Waals surface area contributed by atoms with Crippen LogP contribution >= 0.6 is 0 Å². The Morgan fingerprint density at radius 3 is 2.71 bits per heavy atom. The summed E-state index contributed by atoms with van der Waals surface area (Å²) in [5.41, 5.74) is 2.05. The molecule has 1 N–H and O–H groups in total. The number of benzene rings is 1. The second-order valence-electron chi connectivity index (χ2n) is 10.2. The predicted molar refractivity (Wildman–Crippen MR) is 125 cm³/mol. The van der Waals surface area contributed by atoms with Crippen LogP contribution in [-0.4, -0.2) is 51.5 Å². The van der Waals surface area contributed by atoms with E-state index in [1.807, 2.05) is 0 Å². The molecule has 2 aliphatic rings. The molecule has 2 aliphatic heterocycles. The molecule has 6 nitrogen and oxygen atoms in total. The minimum atomic E-state index is -4.46. The topological polar surface area (TPSA) is 58.9 Å². The van der Waals surface area contributed by atoms with Gasteiger partial charge in [0.25, 0.3) is 5.91 Å². The molecule has 3 aromatic rings. The molecule has 186 valence electrons. The number of fused-ring (bicyclic) bond motifs is 2. The quantitative estimate of drug-likeness (QED) is 0.584. The van der Waals surface area contributed by atoms with Crippen molar-refractivity contribution in [3.05, 3.63) is 71.2 Å². The molecule has 0 radical (unpaired) electrons. The third-order valence-corrected chi connectivity index (χ3v) is 6.93. The number of halogens is 3. The van der Waals surface area contributed by atoms with Crippen LogP contribution in [0.4, 0.5) is 13.2 Å². The first kappa shape index (κ1) is 23.8. The number of nitrogens with one attached hydrogen (secondary N) is 1. The van der Waals surface area contributed by atoms with E-state index in [1.165, 1.54) is 27.8 Å². The van der Waals surface area contributed by atoms with E-state index in [0.717, 1.165) is 44.7 Å². The molecule has 0 bridgehead atoms. The molecule has 0 saturated carbocycles. The molecule has 1 unspecified atom stereocenters. The third kappa shape index (κ3) is 5.21. The lowest BCUT2D eigenvalue weighted by atomic mass is 9.92. The maximum absolute atomic E-state index is 13.0. The zero-order chi connectivity index (χ0) is 24.8. The van der Waals surface area contributed by atoms with Crippen molar-refractivity contribution in [2.24, 2.45) is 5.92 Å². The third-order valence-electron chi connectivity index (χ3n) is 6.93. The zero-order valence-corrected chi connectivity index (χ0v) is 19.8. The van der Waals surface area contributed by atoms with Crippen molar-refractivity contribution >= 4 is 11.6 Å². The second-order valence-corrected chi connectivity index (χ2v) is 10.2. The zero-order valence-electron chi connectivity index (χ0n) is 19.8. The van der Waals surface area contributed by atoms with Gasteiger partial charge < -0.3 is 14.5 Å². The van der Waals surface area contributed by atoms with Crippen LogP contribution < -0.4 is 5.32 Å². The minimum absolute atomic E-state index is 0.0748. The number of amides is 1. The molecular weight excluding hydrogens is 457 g/mol. The minimum Gasteiger partial charge on any atom is -0.370 e. The summed E-state index contributed by atoms with van der Waals surface area (Å²) in [6.07, 6.45) is -0.436. The van der Waals surface area contributed by atoms with E-state index in [0.29, 0.717) is 6.54 Å². The summed E-state index contributed by atoms with van der Waals surface area (Å²) in [5.74, 6) is -0.174. The van der Waals surface area contributed by atoms with Gasteiger partial charge >= 0.3 is 6.18 Å². The predicted octanol–water partition coefficient (Wildman–Crippen LogP) is 4.32. The van der Waals surface area contributed by atoms with E-state index in [-0.39, 0.29) is 29.0 Å². The van der Waals surface area contributed by atoms with E-state index < -0.39 is 17.6 Å². The maximum atomic E-state index is 13.0. The lowest BCUT2D eigenvalue weighted by molar-refractivity contribution is -0.137. The van der Waals surface area contributed by atoms with Gasteiger partial charge in [-0.3, -0.25) is 9.69 Å². The second kappa shape index (κ2) is 8.95. The van der Waals surface area contributed by atoms with E-state index in [2.05, 4.69) is 53.3 Å². The number of ether oxygens (including phenoxy) is 1. The van der Waals surface area contributed by atoms with E-state index in [1.54, 1.807) is 0 Å². The van der Waals surface area contributed by atoms with Gasteiger partial charge in [0.1, 0.15) is 11.3 Å². The van der Waals surface area contributed by atoms with E-state index in [9.17, 15) is 18.0 Å². The highest BCUT2D eigenvalue weighted by molar-refractivity contribution is 5.92. The Hall–Kier alpha value is -2.91. The molecule has 1 aromatic carbocycles. The fraction of sp³-hybridized carbons (Fsp3) is 0.462. The monoisotopic (exact) mass is 486 g/mol. The number of carbonyl (C=O) groups is 1. The Kier molecular flexibility index (Phi) is 6.09. The normalized spacial score (nSPS) is 22.3. The Morgan fingerprint density at radius 2 is 1.94 bits per heavy atom. The summed E-state index contributed by atoms with van der Waals surface area (Å²) in [5, 5.41) is 2.89. The van der Waals surface area contributed by atoms with Gasteiger partial charge in [0, 0.05) is 44.5 Å². The van der Waals surface area contributed by atoms with Gasteiger partial charge in [-0.2, -0.15) is 13.2 Å². The van der Waals surface area contributed by atoms with Crippen LogP contribution in [0, 0.1) is 5.92 Å². The molecule has 2 aromatic heterocycles. The SMILES string of the molecule is CC1(C)CC(CN2CCc3ccccc3C2)[C@H](CNC(=O)c2cn3cc(C(F)(F)F)ccc3n2)O1. The summed E-state index contributed by atoms with van der Waals surface area (Å²) in [6.45, 7) is 7.23. The Morgan fingerprint density at radius 1 is 1.17 bits per heavy atom. The number of carbonyl (C=O) groups excluding carboxylic acids is 1. The van der Waals surface area contributed by atoms with Crippen molar-refractivity contribution in [2.75, 3.05) is 19.6 Å². The van der Waals surface area contributed by atoms with Crippen LogP contribution in [0.5, 0.6) is 0 Å². The summed E-state index contributed by atoms with van der Waals surface area (Å²) < 4.78 is 46.5. The number of pyridine rings is 1. The standard InChI is InChI=1S/C26H29F3N4O2/c1-25(2)11-19(14-32-10-9-17-5-3-4-6-18(17)13-32)22(35-25)12-30-24(34)21-16-33-15-20(26(27,28)29)7-8-23(33)31-21/h3-8,15-16,19,22H,9-14H2,1-2H3,(H,30,34)/t19?,22-/m0/s1. The number of hydrogen-bond donors (Lipinski definition) is 1. The lowest BCUT2D eigenvalue weighted by Gasteiger charge is -2.32. The Balaban J connectivity index is 1.23. The smallest absolute Gasteiger partial charge is 0.370 e. The summed E-state index contributed by atoms with van der Waals surface area (Å²) >= 11 is 0. The Bertz CT molecular complexity index is 1240. The van der Waals surface area contributed by atoms with Crippen molar-refractivity contribution < 1.29 is 22.7 Å². The molecule has 35 heavy (non-hydrogen) atoms. The van der Waals surface area contributed by atoms with Crippen molar-refractivity contribution in [3.8, 4) is 0 Å². The van der Waals surface area contributed by atoms with Crippen LogP contribution in [-0.2, 0) is 23.9 Å². The highest BCUT2D eigenvalue weighted by Crippen LogP contribution is 2.36. The highest BCUT2D eigenvalue weighted by Gasteiger charge is 2.41. The molecule has 9 heteroatoms. The van der Waals surface area contributed by atoms with Crippen molar-refractivity contribution in [2.45, 2.75) is 51.1 Å². The summed E-state index contributed by atoms with van der Waals surface area (Å²) in [7, 11) is 0. The van der Waals surface area contributed by atoms with Crippen LogP contribution in [0.1, 0.15) is 47.4 Å². The number of alkyl halides is 3. The molecule has 0 aliphatic carbocycles. The number of rotatable bonds is 5. The maximum Gasteiger partial charge on any atom is 0.417 e. The number of imidazole rings is 1. The number of nitrogens with zero attached hydrogens (tertiary/aromatic N) is 3. The van der Waals surface area contributed by atoms with Gasteiger partial charge in [0.15, 0.2) is 0 Å². The average molecular weight is 487 g/mol. The number of aromatic nitrogens is 2. The fourth-order valence-electron chi connectivity index (χ4n) is 5.30. The lowest BCUT2D eigenvalue weighted by Crippen LogP contribution is -2.41. The van der Waals surface area contributed by atoms with Gasteiger partial charge in [-0.1, -0.05) is 24.3 Å². The van der Waals surface area contributed by atoms with Crippen LogP contribution in [0.2, 0.25) is 0 Å². The van der Waals surface area contributed by atoms with Crippen LogP contribution in [0.3, 0.4) is 0 Å². The molecule has 0 spiro atoms. The van der Waals surface area contributed by atoms with Gasteiger partial charge in [-0.15, -0.1) is 0 Å². The first-order valence-corrected chi connectivity index (χ1v) is 11.9. The van der Waals surface area contributed by atoms with Gasteiger partial charge in [-0.05, 0) is 49.9 Å². The molecule has 5 rings (SSSR count). The fourth-order valence-corrected chi connectivity index (χ4v) is 5.30. The first-order chi connectivity index (χ1) is 16.6. The van der Waals surface area contributed by atoms with Gasteiger partial charge in [-0.25, -0.2) is 4.98 Å². The Labute approximate surface area is 202 Å². The highest BCUT2D eigenvalue weighted by atomic mass is 19.4. The molecule has 1 saturated heterocycles. The molecule has 1 amide bonds. The number of hydrogen-bond acceptors (Lipinski definition) is 4. The average Bonchev–Trinajstić information content (AvgIpc) is 3.36. The van der Waals surface area contributed by atoms with Crippen LogP contribution in [0.15, 0.2) is 48.8 Å². The van der Waals surface area contributed by atoms with Gasteiger partial charge in [0.05, 0.1) is 17.3 Å². The van der Waals surface area contributed by atoms with Crippen LogP contribution in [0.25, 0.3) is 5.65 Å². The van der Waals surface area contributed by atoms with Crippen molar-refractivity contribution in [1.82, 2.24) is 19.6 Å². The van der Waals surface area contributed by atoms with Crippen molar-refractivity contribution in [3.63, 3.8) is 0 Å². The van der Waals surface area contributed by atoms with E-state index >= 15 is 0 Å². The molecule has 4 heterocycles. The van der Waals surface area contributed by atoms with E-state index in [4.69, 9.17) is 4.74 Å². The largest absolute Gasteiger partial charge is 0.417 e. The van der Waals surface area contributed by atoms with Crippen molar-refractivity contribution in [1.29, 1.82) is 0 Å². The van der Waals surface area contributed by atoms with Gasteiger partial charge in [0.2, 0.25) is 0 Å². The summed E-state index contributed by atoms with van der Waals surface area (Å²) in [6, 6.07) is 10.7. The first-order valence-electron chi connectivity index (χ1n) is 11.9. The molecule has 1 fully saturated rings. The molecule has 2 atom stereocenters. The summed E-state index contributed by atoms with van der Waals surface area (Å²) in [4.78, 5) is 19.4.